The number of benzene rings is 1. The summed E-state index contributed by atoms with van der Waals surface area (Å²) in [6.45, 7) is 0.667. The van der Waals surface area contributed by atoms with Crippen LogP contribution in [0.25, 0.3) is 0 Å². The summed E-state index contributed by atoms with van der Waals surface area (Å²) in [6.07, 6.45) is 3.38. The summed E-state index contributed by atoms with van der Waals surface area (Å²) in [5.74, 6) is 0.301. The molecule has 2 aromatic rings. The van der Waals surface area contributed by atoms with Gasteiger partial charge < -0.3 is 9.12 Å². The lowest BCUT2D eigenvalue weighted by atomic mass is 10.2. The highest BCUT2D eigenvalue weighted by atomic mass is 35.7. The molecule has 1 atom stereocenters. The lowest BCUT2D eigenvalue weighted by Gasteiger charge is -2.07. The highest BCUT2D eigenvalue weighted by Gasteiger charge is 2.10. The Morgan fingerprint density at radius 2 is 2.00 bits per heavy atom. The zero-order valence-corrected chi connectivity index (χ0v) is 11.2. The van der Waals surface area contributed by atoms with Crippen LogP contribution in [-0.2, 0) is 22.7 Å². The van der Waals surface area contributed by atoms with Crippen molar-refractivity contribution < 1.29 is 4.55 Å². The maximum Gasteiger partial charge on any atom is 0.174 e. The summed E-state index contributed by atoms with van der Waals surface area (Å²) in [5, 5.41) is 0.710. The number of imidazole rings is 1. The summed E-state index contributed by atoms with van der Waals surface area (Å²) in [4.78, 5) is 4.03. The molecule has 1 aromatic heterocycles. The second-order valence-corrected chi connectivity index (χ2v) is 5.91. The highest BCUT2D eigenvalue weighted by molar-refractivity contribution is 8.13. The van der Waals surface area contributed by atoms with Gasteiger partial charge >= 0.3 is 0 Å². The van der Waals surface area contributed by atoms with E-state index in [0.29, 0.717) is 17.3 Å². The van der Waals surface area contributed by atoms with E-state index in [1.165, 1.54) is 0 Å². The average Bonchev–Trinajstić information content (AvgIpc) is 2.68. The van der Waals surface area contributed by atoms with E-state index < -0.39 is 10.4 Å². The molecule has 0 N–H and O–H groups in total. The molecule has 90 valence electrons. The van der Waals surface area contributed by atoms with Crippen LogP contribution in [0.2, 0.25) is 5.02 Å². The van der Waals surface area contributed by atoms with Crippen molar-refractivity contribution in [3.05, 3.63) is 53.1 Å². The number of aromatic nitrogens is 2. The van der Waals surface area contributed by atoms with Gasteiger partial charge in [0.25, 0.3) is 0 Å². The molecule has 0 aliphatic carbocycles. The number of halogens is 2. The third-order valence-corrected chi connectivity index (χ3v) is 3.43. The van der Waals surface area contributed by atoms with E-state index in [2.05, 4.69) is 4.98 Å². The van der Waals surface area contributed by atoms with Crippen molar-refractivity contribution in [1.82, 2.24) is 9.55 Å². The number of hydrogen-bond donors (Lipinski definition) is 0. The predicted molar refractivity (Wildman–Crippen MR) is 70.5 cm³/mol. The van der Waals surface area contributed by atoms with E-state index in [4.69, 9.17) is 22.3 Å². The van der Waals surface area contributed by atoms with Crippen molar-refractivity contribution in [2.24, 2.45) is 0 Å². The zero-order chi connectivity index (χ0) is 12.3. The molecule has 17 heavy (non-hydrogen) atoms. The molecular formula is C11H10Cl2N2OS. The fourth-order valence-corrected chi connectivity index (χ4v) is 2.45. The maximum atomic E-state index is 11.0. The van der Waals surface area contributed by atoms with Crippen molar-refractivity contribution in [2.75, 3.05) is 0 Å². The van der Waals surface area contributed by atoms with Crippen molar-refractivity contribution in [2.45, 2.75) is 12.3 Å². The van der Waals surface area contributed by atoms with E-state index in [0.717, 1.165) is 11.3 Å². The molecule has 0 radical (unpaired) electrons. The van der Waals surface area contributed by atoms with Crippen LogP contribution in [0, 0.1) is 0 Å². The van der Waals surface area contributed by atoms with Crippen molar-refractivity contribution in [3.8, 4) is 0 Å². The monoisotopic (exact) mass is 288 g/mol. The fraction of sp³-hybridized carbons (Fsp3) is 0.182. The molecule has 1 unspecified atom stereocenters. The van der Waals surface area contributed by atoms with Crippen LogP contribution in [0.15, 0.2) is 36.8 Å². The molecule has 0 aliphatic rings. The molecule has 0 saturated heterocycles. The first-order chi connectivity index (χ1) is 8.15. The van der Waals surface area contributed by atoms with Crippen LogP contribution in [0.3, 0.4) is 0 Å². The Hall–Kier alpha value is -0.680. The van der Waals surface area contributed by atoms with Crippen LogP contribution >= 0.6 is 22.3 Å². The number of nitrogens with zero attached hydrogens (tertiary/aromatic N) is 2. The van der Waals surface area contributed by atoms with E-state index in [9.17, 15) is 4.55 Å². The van der Waals surface area contributed by atoms with Crippen molar-refractivity contribution >= 4 is 32.7 Å². The molecule has 0 saturated carbocycles. The molecule has 1 aromatic carbocycles. The smallest absolute Gasteiger partial charge is 0.174 e. The Balaban J connectivity index is 2.13. The molecule has 6 heteroatoms. The molecule has 1 heterocycles. The van der Waals surface area contributed by atoms with Crippen molar-refractivity contribution in [1.29, 1.82) is 0 Å². The van der Waals surface area contributed by atoms with Gasteiger partial charge in [-0.25, -0.2) is 4.98 Å². The molecule has 2 rings (SSSR count). The quantitative estimate of drug-likeness (QED) is 0.812. The van der Waals surface area contributed by atoms with E-state index in [1.54, 1.807) is 12.5 Å². The Morgan fingerprint density at radius 3 is 2.65 bits per heavy atom. The molecule has 0 spiro atoms. The minimum atomic E-state index is -1.38. The van der Waals surface area contributed by atoms with Gasteiger partial charge in [-0.3, -0.25) is 0 Å². The van der Waals surface area contributed by atoms with Gasteiger partial charge in [-0.2, -0.15) is 0 Å². The Morgan fingerprint density at radius 1 is 1.29 bits per heavy atom. The van der Waals surface area contributed by atoms with E-state index >= 15 is 0 Å². The number of hydrogen-bond acceptors (Lipinski definition) is 2. The summed E-state index contributed by atoms with van der Waals surface area (Å²) >= 11 is 5.82. The predicted octanol–water partition coefficient (Wildman–Crippen LogP) is 2.99. The van der Waals surface area contributed by atoms with Gasteiger partial charge in [-0.05, 0) is 17.7 Å². The van der Waals surface area contributed by atoms with Crippen LogP contribution in [0.1, 0.15) is 11.3 Å². The van der Waals surface area contributed by atoms with Gasteiger partial charge in [-0.1, -0.05) is 23.7 Å². The zero-order valence-electron chi connectivity index (χ0n) is 8.85. The van der Waals surface area contributed by atoms with Gasteiger partial charge in [0.1, 0.15) is 0 Å². The normalized spacial score (nSPS) is 12.6. The van der Waals surface area contributed by atoms with Gasteiger partial charge in [0.05, 0.1) is 28.6 Å². The topological polar surface area (TPSA) is 40.9 Å². The molecule has 0 fully saturated rings. The number of rotatable bonds is 4. The average molecular weight is 289 g/mol. The van der Waals surface area contributed by atoms with Crippen LogP contribution in [-0.4, -0.2) is 14.1 Å². The molecule has 3 nitrogen and oxygen atoms in total. The fourth-order valence-electron chi connectivity index (χ4n) is 1.51. The molecular weight excluding hydrogens is 279 g/mol. The standard InChI is InChI=1S/C11H10Cl2N2OS/c12-10-3-1-9(2-4-10)6-15-8-14-5-11(15)7-17(13)16/h1-5,8H,6-7H2. The van der Waals surface area contributed by atoms with E-state index in [-0.39, 0.29) is 0 Å². The molecule has 0 amide bonds. The second-order valence-electron chi connectivity index (χ2n) is 3.57. The summed E-state index contributed by atoms with van der Waals surface area (Å²) in [7, 11) is 4.10. The van der Waals surface area contributed by atoms with Gasteiger partial charge in [0.15, 0.2) is 16.4 Å². The Bertz CT molecular complexity index is 484. The molecule has 0 aliphatic heterocycles. The minimum Gasteiger partial charge on any atom is -0.599 e. The van der Waals surface area contributed by atoms with Gasteiger partial charge in [0, 0.05) is 11.6 Å². The largest absolute Gasteiger partial charge is 0.599 e. The van der Waals surface area contributed by atoms with Crippen LogP contribution in [0.5, 0.6) is 0 Å². The third kappa shape index (κ3) is 3.64. The lowest BCUT2D eigenvalue weighted by molar-refractivity contribution is 0.605. The highest BCUT2D eigenvalue weighted by Crippen LogP contribution is 2.14. The SMILES string of the molecule is [O-][S+](Cl)Cc1cncn1Cc1ccc(Cl)cc1. The maximum absolute atomic E-state index is 11.0. The second kappa shape index (κ2) is 5.78. The van der Waals surface area contributed by atoms with Gasteiger partial charge in [0.2, 0.25) is 0 Å². The Kier molecular flexibility index (Phi) is 4.34. The summed E-state index contributed by atoms with van der Waals surface area (Å²) in [5.41, 5.74) is 1.96. The van der Waals surface area contributed by atoms with E-state index in [1.807, 2.05) is 28.8 Å². The molecule has 0 bridgehead atoms. The first-order valence-electron chi connectivity index (χ1n) is 4.93. The van der Waals surface area contributed by atoms with Gasteiger partial charge in [-0.15, -0.1) is 0 Å². The minimum absolute atomic E-state index is 0.301. The third-order valence-electron chi connectivity index (χ3n) is 2.33. The first-order valence-corrected chi connectivity index (χ1v) is 7.45. The summed E-state index contributed by atoms with van der Waals surface area (Å²) < 4.78 is 12.9. The van der Waals surface area contributed by atoms with Crippen LogP contribution < -0.4 is 0 Å². The van der Waals surface area contributed by atoms with Crippen LogP contribution in [0.4, 0.5) is 0 Å². The summed E-state index contributed by atoms with van der Waals surface area (Å²) in [6, 6.07) is 7.58. The Labute approximate surface area is 112 Å². The first kappa shape index (κ1) is 12.8. The van der Waals surface area contributed by atoms with Crippen molar-refractivity contribution in [3.63, 3.8) is 0 Å². The lowest BCUT2D eigenvalue weighted by Crippen LogP contribution is -2.06.